The van der Waals surface area contributed by atoms with Crippen LogP contribution in [0.25, 0.3) is 0 Å². The minimum Gasteiger partial charge on any atom is -0.422 e. The lowest BCUT2D eigenvalue weighted by Gasteiger charge is -2.22. The summed E-state index contributed by atoms with van der Waals surface area (Å²) in [4.78, 5) is 21.7. The Morgan fingerprint density at radius 2 is 1.73 bits per heavy atom. The van der Waals surface area contributed by atoms with Crippen LogP contribution in [0.5, 0.6) is 0 Å². The Kier molecular flexibility index (Phi) is 3.34. The molecule has 2 atom stereocenters. The van der Waals surface area contributed by atoms with E-state index < -0.39 is 23.8 Å². The Labute approximate surface area is 88.7 Å². The zero-order chi connectivity index (χ0) is 11.6. The van der Waals surface area contributed by atoms with Crippen LogP contribution in [0, 0.1) is 0 Å². The van der Waals surface area contributed by atoms with E-state index in [2.05, 4.69) is 0 Å². The van der Waals surface area contributed by atoms with Crippen LogP contribution in [0.3, 0.4) is 0 Å². The molecule has 1 fully saturated rings. The molecular formula is C10H16O5. The smallest absolute Gasteiger partial charge is 0.305 e. The highest BCUT2D eigenvalue weighted by Gasteiger charge is 2.61. The molecule has 0 aromatic heterocycles. The maximum absolute atomic E-state index is 10.9. The highest BCUT2D eigenvalue weighted by Crippen LogP contribution is 2.44. The summed E-state index contributed by atoms with van der Waals surface area (Å²) in [7, 11) is 0. The molecule has 5 heteroatoms. The van der Waals surface area contributed by atoms with Crippen molar-refractivity contribution < 1.29 is 23.8 Å². The molecule has 1 saturated heterocycles. The van der Waals surface area contributed by atoms with Gasteiger partial charge >= 0.3 is 11.9 Å². The van der Waals surface area contributed by atoms with E-state index in [4.69, 9.17) is 14.2 Å². The molecule has 0 saturated carbocycles. The minimum absolute atomic E-state index is 0.0637. The van der Waals surface area contributed by atoms with Crippen molar-refractivity contribution in [3.05, 3.63) is 0 Å². The van der Waals surface area contributed by atoms with Crippen molar-refractivity contribution >= 4 is 11.9 Å². The molecule has 5 nitrogen and oxygen atoms in total. The van der Waals surface area contributed by atoms with Gasteiger partial charge in [0.25, 0.3) is 6.29 Å². The van der Waals surface area contributed by atoms with E-state index in [-0.39, 0.29) is 6.10 Å². The Morgan fingerprint density at radius 3 is 1.93 bits per heavy atom. The third-order valence-corrected chi connectivity index (χ3v) is 2.52. The lowest BCUT2D eigenvalue weighted by molar-refractivity contribution is -0.198. The van der Waals surface area contributed by atoms with Gasteiger partial charge in [0.2, 0.25) is 0 Å². The fourth-order valence-corrected chi connectivity index (χ4v) is 1.60. The molecule has 0 amide bonds. The van der Waals surface area contributed by atoms with Crippen LogP contribution in [0.15, 0.2) is 0 Å². The fraction of sp³-hybridized carbons (Fsp3) is 0.800. The summed E-state index contributed by atoms with van der Waals surface area (Å²) in [6.07, 6.45) is -0.377. The second kappa shape index (κ2) is 4.18. The largest absolute Gasteiger partial charge is 0.422 e. The second-order valence-corrected chi connectivity index (χ2v) is 3.62. The molecule has 0 radical (unpaired) electrons. The van der Waals surface area contributed by atoms with E-state index in [0.717, 1.165) is 0 Å². The van der Waals surface area contributed by atoms with Gasteiger partial charge in [0.1, 0.15) is 0 Å². The van der Waals surface area contributed by atoms with Gasteiger partial charge in [0.15, 0.2) is 5.60 Å². The molecule has 0 N–H and O–H groups in total. The summed E-state index contributed by atoms with van der Waals surface area (Å²) in [6, 6.07) is 0. The molecule has 0 aromatic carbocycles. The van der Waals surface area contributed by atoms with Gasteiger partial charge < -0.3 is 14.2 Å². The summed E-state index contributed by atoms with van der Waals surface area (Å²) in [5.74, 6) is -0.978. The first-order chi connectivity index (χ1) is 6.92. The van der Waals surface area contributed by atoms with Gasteiger partial charge in [-0.1, -0.05) is 6.92 Å². The van der Waals surface area contributed by atoms with Gasteiger partial charge in [0, 0.05) is 13.8 Å². The first kappa shape index (κ1) is 12.0. The Hall–Kier alpha value is -1.10. The predicted octanol–water partition coefficient (Wildman–Crippen LogP) is 1.01. The third kappa shape index (κ3) is 2.47. The number of esters is 2. The first-order valence-corrected chi connectivity index (χ1v) is 4.94. The molecule has 1 aliphatic heterocycles. The normalized spacial score (nSPS) is 28.7. The lowest BCUT2D eigenvalue weighted by Crippen LogP contribution is -2.38. The van der Waals surface area contributed by atoms with Crippen LogP contribution >= 0.6 is 0 Å². The van der Waals surface area contributed by atoms with Crippen LogP contribution in [-0.4, -0.2) is 29.9 Å². The summed E-state index contributed by atoms with van der Waals surface area (Å²) in [5, 5.41) is 0. The number of carbonyl (C=O) groups is 2. The van der Waals surface area contributed by atoms with Gasteiger partial charge in [-0.15, -0.1) is 0 Å². The van der Waals surface area contributed by atoms with Crippen molar-refractivity contribution in [3.8, 4) is 0 Å². The van der Waals surface area contributed by atoms with Crippen molar-refractivity contribution in [2.75, 3.05) is 0 Å². The molecule has 1 heterocycles. The van der Waals surface area contributed by atoms with E-state index in [1.807, 2.05) is 13.8 Å². The number of hydrogen-bond acceptors (Lipinski definition) is 5. The molecule has 0 bridgehead atoms. The van der Waals surface area contributed by atoms with E-state index in [1.54, 1.807) is 0 Å². The molecule has 0 unspecified atom stereocenters. The van der Waals surface area contributed by atoms with E-state index in [1.165, 1.54) is 13.8 Å². The average molecular weight is 216 g/mol. The summed E-state index contributed by atoms with van der Waals surface area (Å²) >= 11 is 0. The van der Waals surface area contributed by atoms with Crippen LogP contribution in [0.4, 0.5) is 0 Å². The monoisotopic (exact) mass is 216 g/mol. The Balaban J connectivity index is 2.71. The average Bonchev–Trinajstić information content (AvgIpc) is 2.75. The van der Waals surface area contributed by atoms with Gasteiger partial charge in [-0.25, -0.2) is 0 Å². The van der Waals surface area contributed by atoms with Crippen LogP contribution in [0.1, 0.15) is 34.1 Å². The van der Waals surface area contributed by atoms with Crippen LogP contribution < -0.4 is 0 Å². The van der Waals surface area contributed by atoms with Crippen molar-refractivity contribution in [2.24, 2.45) is 0 Å². The summed E-state index contributed by atoms with van der Waals surface area (Å²) < 4.78 is 15.2. The van der Waals surface area contributed by atoms with E-state index in [9.17, 15) is 9.59 Å². The maximum Gasteiger partial charge on any atom is 0.305 e. The molecule has 0 spiro atoms. The van der Waals surface area contributed by atoms with Crippen molar-refractivity contribution in [1.29, 1.82) is 0 Å². The van der Waals surface area contributed by atoms with Crippen LogP contribution in [0.2, 0.25) is 0 Å². The molecule has 1 aliphatic rings. The third-order valence-electron chi connectivity index (χ3n) is 2.52. The number of epoxide rings is 1. The summed E-state index contributed by atoms with van der Waals surface area (Å²) in [6.45, 7) is 6.28. The molecule has 86 valence electrons. The molecule has 0 aliphatic carbocycles. The Morgan fingerprint density at radius 1 is 1.33 bits per heavy atom. The standard InChI is InChI=1S/C10H16O5/c1-5-10(6(2)15-10)9(13-7(3)11)14-8(4)12/h6,9H,5H2,1-4H3/t6-,10-/m1/s1. The van der Waals surface area contributed by atoms with Crippen molar-refractivity contribution in [2.45, 2.75) is 52.1 Å². The molecule has 1 rings (SSSR count). The zero-order valence-electron chi connectivity index (χ0n) is 9.40. The topological polar surface area (TPSA) is 65.1 Å². The van der Waals surface area contributed by atoms with Gasteiger partial charge in [-0.05, 0) is 13.3 Å². The fourth-order valence-electron chi connectivity index (χ4n) is 1.60. The van der Waals surface area contributed by atoms with Gasteiger partial charge in [-0.3, -0.25) is 9.59 Å². The van der Waals surface area contributed by atoms with Crippen molar-refractivity contribution in [3.63, 3.8) is 0 Å². The Bertz CT molecular complexity index is 255. The van der Waals surface area contributed by atoms with E-state index in [0.29, 0.717) is 6.42 Å². The minimum atomic E-state index is -0.938. The highest BCUT2D eigenvalue weighted by molar-refractivity contribution is 5.68. The first-order valence-electron chi connectivity index (χ1n) is 4.94. The number of ether oxygens (including phenoxy) is 3. The molecule has 0 aromatic rings. The summed E-state index contributed by atoms with van der Waals surface area (Å²) in [5.41, 5.74) is -0.655. The number of hydrogen-bond donors (Lipinski definition) is 0. The quantitative estimate of drug-likeness (QED) is 0.398. The zero-order valence-corrected chi connectivity index (χ0v) is 9.40. The second-order valence-electron chi connectivity index (χ2n) is 3.62. The molecular weight excluding hydrogens is 200 g/mol. The van der Waals surface area contributed by atoms with Crippen LogP contribution in [-0.2, 0) is 23.8 Å². The number of rotatable bonds is 4. The molecule has 15 heavy (non-hydrogen) atoms. The van der Waals surface area contributed by atoms with Crippen molar-refractivity contribution in [1.82, 2.24) is 0 Å². The van der Waals surface area contributed by atoms with E-state index >= 15 is 0 Å². The predicted molar refractivity (Wildman–Crippen MR) is 50.9 cm³/mol. The number of carbonyl (C=O) groups excluding carboxylic acids is 2. The lowest BCUT2D eigenvalue weighted by atomic mass is 10.0. The SMILES string of the molecule is CC[C@@]1(C(OC(C)=O)OC(C)=O)O[C@@H]1C. The van der Waals surface area contributed by atoms with Gasteiger partial charge in [-0.2, -0.15) is 0 Å². The maximum atomic E-state index is 10.9. The highest BCUT2D eigenvalue weighted by atomic mass is 16.8. The van der Waals surface area contributed by atoms with Gasteiger partial charge in [0.05, 0.1) is 6.10 Å².